The summed E-state index contributed by atoms with van der Waals surface area (Å²) in [6, 6.07) is 6.54. The number of nitrogens with one attached hydrogen (secondary N) is 1. The molecule has 0 spiro atoms. The second kappa shape index (κ2) is 11.1. The van der Waals surface area contributed by atoms with E-state index in [1.54, 1.807) is 11.8 Å². The van der Waals surface area contributed by atoms with Crippen molar-refractivity contribution in [3.63, 3.8) is 0 Å². The number of benzene rings is 1. The van der Waals surface area contributed by atoms with Crippen molar-refractivity contribution in [2.45, 2.75) is 108 Å². The summed E-state index contributed by atoms with van der Waals surface area (Å²) in [5.41, 5.74) is 2.05. The molecule has 6 atom stereocenters. The highest BCUT2D eigenvalue weighted by molar-refractivity contribution is 7.98. The molecule has 0 aliphatic heterocycles. The monoisotopic (exact) mass is 561 g/mol. The molecule has 0 heterocycles. The first kappa shape index (κ1) is 29.9. The Bertz CT molecular complexity index is 1010. The van der Waals surface area contributed by atoms with Gasteiger partial charge in [0.05, 0.1) is 12.7 Å². The van der Waals surface area contributed by atoms with Crippen LogP contribution in [0, 0.1) is 17.3 Å². The van der Waals surface area contributed by atoms with E-state index in [1.807, 2.05) is 6.26 Å². The van der Waals surface area contributed by atoms with Crippen LogP contribution < -0.4 is 9.74 Å². The Kier molecular flexibility index (Phi) is 8.75. The second-order valence-electron chi connectivity index (χ2n) is 13.9. The van der Waals surface area contributed by atoms with Crippen molar-refractivity contribution in [2.24, 2.45) is 17.3 Å². The van der Waals surface area contributed by atoms with Gasteiger partial charge in [-0.3, -0.25) is 4.79 Å². The lowest BCUT2D eigenvalue weighted by Crippen LogP contribution is -2.57. The molecule has 0 saturated heterocycles. The van der Waals surface area contributed by atoms with Crippen molar-refractivity contribution in [3.8, 4) is 5.75 Å². The third-order valence-electron chi connectivity index (χ3n) is 10.9. The number of aryl methyl sites for hydroxylation is 1. The largest absolute Gasteiger partial charge is 0.543 e. The van der Waals surface area contributed by atoms with E-state index in [2.05, 4.69) is 64.3 Å². The van der Waals surface area contributed by atoms with E-state index in [0.29, 0.717) is 30.7 Å². The second-order valence-corrected chi connectivity index (χ2v) is 19.6. The Balaban J connectivity index is 1.48. The lowest BCUT2D eigenvalue weighted by molar-refractivity contribution is -0.144. The lowest BCUT2D eigenvalue weighted by atomic mass is 9.53. The Labute approximate surface area is 236 Å². The van der Waals surface area contributed by atoms with Crippen molar-refractivity contribution in [3.05, 3.63) is 29.3 Å². The first-order valence-electron chi connectivity index (χ1n) is 14.6. The molecule has 1 aromatic rings. The minimum absolute atomic E-state index is 0.135. The van der Waals surface area contributed by atoms with Crippen LogP contribution in [-0.2, 0) is 16.0 Å². The number of rotatable bonds is 9. The lowest BCUT2D eigenvalue weighted by Gasteiger charge is -2.53. The molecular formula is C31H51NO4SSi. The van der Waals surface area contributed by atoms with Gasteiger partial charge in [0.25, 0.3) is 0 Å². The molecule has 2 N–H and O–H groups in total. The first-order valence-corrected chi connectivity index (χ1v) is 18.9. The average molecular weight is 562 g/mol. The van der Waals surface area contributed by atoms with Crippen LogP contribution in [0.15, 0.2) is 18.2 Å². The molecule has 1 aromatic carbocycles. The molecule has 214 valence electrons. The fraction of sp³-hybridized carbons (Fsp3) is 0.774. The number of thioether (sulfide) groups is 1. The highest BCUT2D eigenvalue weighted by atomic mass is 32.2. The van der Waals surface area contributed by atoms with Crippen LogP contribution in [0.25, 0.3) is 0 Å². The summed E-state index contributed by atoms with van der Waals surface area (Å²) in [4.78, 5) is 12.4. The summed E-state index contributed by atoms with van der Waals surface area (Å²) in [5, 5.41) is 15.6. The summed E-state index contributed by atoms with van der Waals surface area (Å²) in [6.07, 6.45) is 9.03. The summed E-state index contributed by atoms with van der Waals surface area (Å²) >= 11 is 1.73. The normalized spacial score (nSPS) is 31.7. The molecule has 38 heavy (non-hydrogen) atoms. The van der Waals surface area contributed by atoms with Crippen LogP contribution in [0.2, 0.25) is 18.1 Å². The van der Waals surface area contributed by atoms with Gasteiger partial charge < -0.3 is 19.6 Å². The summed E-state index contributed by atoms with van der Waals surface area (Å²) in [5.74, 6) is 3.38. The molecule has 2 saturated carbocycles. The van der Waals surface area contributed by atoms with Gasteiger partial charge >= 0.3 is 5.97 Å². The van der Waals surface area contributed by atoms with Gasteiger partial charge in [-0.1, -0.05) is 33.8 Å². The molecule has 0 amide bonds. The standard InChI is InChI=1S/C31H51NO4SSi/c1-29(2,3)38(7,8)36-22-10-12-23-21(19-22)9-11-25-24(23)13-16-30(4)26(25)14-17-31(30,34)20-32-27(15-18-37-6)28(33)35-5/h10,12,19,24-27,32,34H,9,11,13-18,20H2,1-8H3/t24-,25-,26+,27+,30+,31-/m1/s1. The van der Waals surface area contributed by atoms with Crippen molar-refractivity contribution in [2.75, 3.05) is 25.7 Å². The Morgan fingerprint density at radius 2 is 1.97 bits per heavy atom. The first-order chi connectivity index (χ1) is 17.8. The zero-order valence-corrected chi connectivity index (χ0v) is 26.8. The summed E-state index contributed by atoms with van der Waals surface area (Å²) < 4.78 is 11.7. The number of hydrogen-bond donors (Lipinski definition) is 2. The quantitative estimate of drug-likeness (QED) is 0.264. The van der Waals surface area contributed by atoms with Gasteiger partial charge in [0, 0.05) is 12.0 Å². The third kappa shape index (κ3) is 5.46. The number of methoxy groups -OCH3 is 1. The van der Waals surface area contributed by atoms with Gasteiger partial charge in [-0.05, 0) is 116 Å². The van der Waals surface area contributed by atoms with Gasteiger partial charge in [-0.15, -0.1) is 0 Å². The van der Waals surface area contributed by atoms with E-state index in [4.69, 9.17) is 9.16 Å². The van der Waals surface area contributed by atoms with E-state index in [-0.39, 0.29) is 22.5 Å². The zero-order valence-electron chi connectivity index (χ0n) is 25.0. The molecule has 4 rings (SSSR count). The molecule has 0 radical (unpaired) electrons. The third-order valence-corrected chi connectivity index (χ3v) is 15.9. The van der Waals surface area contributed by atoms with E-state index in [9.17, 15) is 9.90 Å². The van der Waals surface area contributed by atoms with Crippen molar-refractivity contribution < 1.29 is 19.1 Å². The average Bonchev–Trinajstić information content (AvgIpc) is 3.13. The van der Waals surface area contributed by atoms with Crippen LogP contribution in [0.1, 0.15) is 83.3 Å². The summed E-state index contributed by atoms with van der Waals surface area (Å²) in [7, 11) is -0.420. The molecule has 0 bridgehead atoms. The summed E-state index contributed by atoms with van der Waals surface area (Å²) in [6.45, 7) is 14.3. The van der Waals surface area contributed by atoms with E-state index in [1.165, 1.54) is 24.7 Å². The van der Waals surface area contributed by atoms with Crippen LogP contribution in [0.4, 0.5) is 0 Å². The number of carbonyl (C=O) groups excluding carboxylic acids is 1. The number of fused-ring (bicyclic) bond motifs is 5. The highest BCUT2D eigenvalue weighted by Gasteiger charge is 2.61. The molecule has 3 aliphatic carbocycles. The minimum atomic E-state index is -1.87. The smallest absolute Gasteiger partial charge is 0.322 e. The zero-order chi connectivity index (χ0) is 27.9. The SMILES string of the molecule is COC(=O)[C@H](CCSC)NC[C@]1(O)CC[C@H]2[C@@H]3CCc4cc(O[Si](C)(C)C(C)(C)C)ccc4[C@H]3CC[C@@]21C. The molecule has 5 nitrogen and oxygen atoms in total. The number of esters is 1. The molecular weight excluding hydrogens is 510 g/mol. The molecule has 0 unspecified atom stereocenters. The fourth-order valence-electron chi connectivity index (χ4n) is 7.44. The predicted molar refractivity (Wildman–Crippen MR) is 161 cm³/mol. The van der Waals surface area contributed by atoms with Crippen LogP contribution in [0.5, 0.6) is 5.75 Å². The van der Waals surface area contributed by atoms with Gasteiger partial charge in [-0.25, -0.2) is 0 Å². The van der Waals surface area contributed by atoms with Crippen molar-refractivity contribution in [1.29, 1.82) is 0 Å². The van der Waals surface area contributed by atoms with Crippen molar-refractivity contribution in [1.82, 2.24) is 5.32 Å². The maximum absolute atomic E-state index is 12.4. The molecule has 7 heteroatoms. The van der Waals surface area contributed by atoms with Gasteiger partial charge in [0.1, 0.15) is 11.8 Å². The number of carbonyl (C=O) groups is 1. The van der Waals surface area contributed by atoms with Crippen LogP contribution in [0.3, 0.4) is 0 Å². The Hall–Kier alpha value is -1.02. The molecule has 2 fully saturated rings. The predicted octanol–water partition coefficient (Wildman–Crippen LogP) is 6.54. The number of ether oxygens (including phenoxy) is 1. The maximum atomic E-state index is 12.4. The van der Waals surface area contributed by atoms with Gasteiger partial charge in [0.15, 0.2) is 0 Å². The van der Waals surface area contributed by atoms with E-state index < -0.39 is 13.9 Å². The maximum Gasteiger partial charge on any atom is 0.322 e. The van der Waals surface area contributed by atoms with Crippen molar-refractivity contribution >= 4 is 26.0 Å². The minimum Gasteiger partial charge on any atom is -0.543 e. The van der Waals surface area contributed by atoms with Gasteiger partial charge in [-0.2, -0.15) is 11.8 Å². The molecule has 0 aromatic heterocycles. The number of hydrogen-bond acceptors (Lipinski definition) is 6. The van der Waals surface area contributed by atoms with Crippen LogP contribution >= 0.6 is 11.8 Å². The van der Waals surface area contributed by atoms with E-state index in [0.717, 1.165) is 43.6 Å². The number of aliphatic hydroxyl groups is 1. The van der Waals surface area contributed by atoms with Gasteiger partial charge in [0.2, 0.25) is 8.32 Å². The topological polar surface area (TPSA) is 67.8 Å². The van der Waals surface area contributed by atoms with E-state index >= 15 is 0 Å². The fourth-order valence-corrected chi connectivity index (χ4v) is 8.94. The Morgan fingerprint density at radius 1 is 1.24 bits per heavy atom. The Morgan fingerprint density at radius 3 is 2.63 bits per heavy atom. The van der Waals surface area contributed by atoms with Crippen LogP contribution in [-0.4, -0.2) is 56.7 Å². The highest BCUT2D eigenvalue weighted by Crippen LogP contribution is 2.64. The molecule has 3 aliphatic rings.